The summed E-state index contributed by atoms with van der Waals surface area (Å²) in [5, 5.41) is 17.1. The molecular weight excluding hydrogens is 220 g/mol. The van der Waals surface area contributed by atoms with Gasteiger partial charge in [0.25, 0.3) is 0 Å². The Bertz CT molecular complexity index is 457. The van der Waals surface area contributed by atoms with Crippen LogP contribution in [0.15, 0.2) is 28.4 Å². The van der Waals surface area contributed by atoms with Gasteiger partial charge < -0.3 is 9.84 Å². The zero-order valence-corrected chi connectivity index (χ0v) is 9.59. The van der Waals surface area contributed by atoms with Gasteiger partial charge in [-0.05, 0) is 24.6 Å². The zero-order valence-electron chi connectivity index (χ0n) is 9.59. The number of nitrogens with zero attached hydrogens (tertiary/aromatic N) is 2. The Balaban J connectivity index is 2.01. The molecule has 1 unspecified atom stereocenters. The summed E-state index contributed by atoms with van der Waals surface area (Å²) in [5.41, 5.74) is 2.20. The van der Waals surface area contributed by atoms with Crippen molar-refractivity contribution in [1.82, 2.24) is 0 Å². The molecule has 0 amide bonds. The fraction of sp³-hybridized carbons (Fsp3) is 0.417. The summed E-state index contributed by atoms with van der Waals surface area (Å²) < 4.78 is 4.99. The number of fused-ring (bicyclic) bond motifs is 1. The van der Waals surface area contributed by atoms with Gasteiger partial charge in [0.1, 0.15) is 6.61 Å². The molecule has 5 heteroatoms. The van der Waals surface area contributed by atoms with Crippen LogP contribution in [0.5, 0.6) is 0 Å². The molecule has 5 nitrogen and oxygen atoms in total. The largest absolute Gasteiger partial charge is 0.459 e. The standard InChI is InChI=1S/C12H14N2O3/c1-2-10(15)7-17-12(16)8-3-4-11-9(5-8)6-13-14-11/h3-5,10,15H,2,6-7H2,1H3. The van der Waals surface area contributed by atoms with Crippen LogP contribution in [-0.2, 0) is 11.3 Å². The number of hydrogen-bond acceptors (Lipinski definition) is 5. The van der Waals surface area contributed by atoms with Crippen LogP contribution in [0.2, 0.25) is 0 Å². The van der Waals surface area contributed by atoms with Gasteiger partial charge in [0.05, 0.1) is 23.9 Å². The van der Waals surface area contributed by atoms with Gasteiger partial charge >= 0.3 is 5.97 Å². The molecule has 2 rings (SSSR count). The fourth-order valence-corrected chi connectivity index (χ4v) is 1.50. The molecule has 1 aromatic carbocycles. The van der Waals surface area contributed by atoms with Gasteiger partial charge in [-0.1, -0.05) is 6.92 Å². The highest BCUT2D eigenvalue weighted by Gasteiger charge is 2.14. The van der Waals surface area contributed by atoms with E-state index in [-0.39, 0.29) is 6.61 Å². The highest BCUT2D eigenvalue weighted by Crippen LogP contribution is 2.27. The van der Waals surface area contributed by atoms with Gasteiger partial charge in [0.2, 0.25) is 0 Å². The number of aliphatic hydroxyl groups excluding tert-OH is 1. The van der Waals surface area contributed by atoms with E-state index in [0.717, 1.165) is 11.3 Å². The van der Waals surface area contributed by atoms with Crippen molar-refractivity contribution < 1.29 is 14.6 Å². The van der Waals surface area contributed by atoms with Crippen LogP contribution in [0.3, 0.4) is 0 Å². The molecule has 0 bridgehead atoms. The first-order valence-electron chi connectivity index (χ1n) is 5.56. The van der Waals surface area contributed by atoms with Crippen molar-refractivity contribution in [2.45, 2.75) is 26.0 Å². The Morgan fingerprint density at radius 2 is 2.41 bits per heavy atom. The summed E-state index contributed by atoms with van der Waals surface area (Å²) in [7, 11) is 0. The summed E-state index contributed by atoms with van der Waals surface area (Å²) in [5.74, 6) is -0.424. The first kappa shape index (κ1) is 11.7. The maximum absolute atomic E-state index is 11.7. The summed E-state index contributed by atoms with van der Waals surface area (Å²) in [6.07, 6.45) is -0.0340. The number of carbonyl (C=O) groups excluding carboxylic acids is 1. The Morgan fingerprint density at radius 1 is 1.59 bits per heavy atom. The second kappa shape index (κ2) is 5.05. The summed E-state index contributed by atoms with van der Waals surface area (Å²) in [4.78, 5) is 11.7. The predicted octanol–water partition coefficient (Wildman–Crippen LogP) is 2.21. The van der Waals surface area contributed by atoms with Crippen molar-refractivity contribution >= 4 is 11.7 Å². The highest BCUT2D eigenvalue weighted by molar-refractivity contribution is 5.90. The van der Waals surface area contributed by atoms with E-state index in [0.29, 0.717) is 18.5 Å². The van der Waals surface area contributed by atoms with Crippen molar-refractivity contribution in [1.29, 1.82) is 0 Å². The number of benzene rings is 1. The normalized spacial score (nSPS) is 14.5. The number of hydrogen-bond donors (Lipinski definition) is 1. The summed E-state index contributed by atoms with van der Waals surface area (Å²) in [6, 6.07) is 5.14. The van der Waals surface area contributed by atoms with Gasteiger partial charge in [-0.2, -0.15) is 10.2 Å². The molecule has 0 saturated carbocycles. The Labute approximate surface area is 99.1 Å². The van der Waals surface area contributed by atoms with Crippen LogP contribution in [0.25, 0.3) is 0 Å². The second-order valence-corrected chi connectivity index (χ2v) is 3.90. The smallest absolute Gasteiger partial charge is 0.338 e. The van der Waals surface area contributed by atoms with Crippen LogP contribution in [-0.4, -0.2) is 23.8 Å². The number of ether oxygens (including phenoxy) is 1. The van der Waals surface area contributed by atoms with Crippen LogP contribution in [0.1, 0.15) is 29.3 Å². The lowest BCUT2D eigenvalue weighted by Gasteiger charge is -2.09. The minimum absolute atomic E-state index is 0.0289. The Hall–Kier alpha value is -1.75. The van der Waals surface area contributed by atoms with Crippen molar-refractivity contribution in [3.8, 4) is 0 Å². The molecule has 0 fully saturated rings. The fourth-order valence-electron chi connectivity index (χ4n) is 1.50. The molecule has 1 aliphatic heterocycles. The second-order valence-electron chi connectivity index (χ2n) is 3.90. The molecular formula is C12H14N2O3. The van der Waals surface area contributed by atoms with Crippen LogP contribution in [0.4, 0.5) is 5.69 Å². The lowest BCUT2D eigenvalue weighted by molar-refractivity contribution is 0.0250. The van der Waals surface area contributed by atoms with E-state index in [9.17, 15) is 9.90 Å². The van der Waals surface area contributed by atoms with Gasteiger partial charge in [-0.25, -0.2) is 4.79 Å². The first-order chi connectivity index (χ1) is 8.20. The molecule has 0 aromatic heterocycles. The summed E-state index contributed by atoms with van der Waals surface area (Å²) in [6.45, 7) is 2.37. The molecule has 1 heterocycles. The number of rotatable bonds is 4. The van der Waals surface area contributed by atoms with E-state index in [4.69, 9.17) is 4.74 Å². The maximum atomic E-state index is 11.7. The topological polar surface area (TPSA) is 71.2 Å². The van der Waals surface area contributed by atoms with E-state index in [1.165, 1.54) is 0 Å². The van der Waals surface area contributed by atoms with Crippen molar-refractivity contribution in [2.24, 2.45) is 10.2 Å². The van der Waals surface area contributed by atoms with E-state index < -0.39 is 12.1 Å². The van der Waals surface area contributed by atoms with Gasteiger partial charge in [-0.15, -0.1) is 0 Å². The Morgan fingerprint density at radius 3 is 3.18 bits per heavy atom. The van der Waals surface area contributed by atoms with Gasteiger partial charge in [0.15, 0.2) is 0 Å². The minimum Gasteiger partial charge on any atom is -0.459 e. The Kier molecular flexibility index (Phi) is 3.49. The molecule has 0 spiro atoms. The molecule has 0 aliphatic carbocycles. The third-order valence-corrected chi connectivity index (χ3v) is 2.61. The molecule has 90 valence electrons. The number of carbonyl (C=O) groups is 1. The van der Waals surface area contributed by atoms with Crippen LogP contribution in [0, 0.1) is 0 Å². The van der Waals surface area contributed by atoms with Gasteiger partial charge in [0, 0.05) is 5.56 Å². The molecule has 1 aliphatic rings. The average molecular weight is 234 g/mol. The van der Waals surface area contributed by atoms with Crippen molar-refractivity contribution in [3.63, 3.8) is 0 Å². The van der Waals surface area contributed by atoms with Gasteiger partial charge in [-0.3, -0.25) is 0 Å². The molecule has 0 saturated heterocycles. The molecule has 1 N–H and O–H groups in total. The first-order valence-corrected chi connectivity index (χ1v) is 5.56. The van der Waals surface area contributed by atoms with Crippen molar-refractivity contribution in [2.75, 3.05) is 6.61 Å². The number of esters is 1. The lowest BCUT2D eigenvalue weighted by Crippen LogP contribution is -2.17. The maximum Gasteiger partial charge on any atom is 0.338 e. The molecule has 17 heavy (non-hydrogen) atoms. The quantitative estimate of drug-likeness (QED) is 0.812. The van der Waals surface area contributed by atoms with Crippen molar-refractivity contribution in [3.05, 3.63) is 29.3 Å². The third kappa shape index (κ3) is 2.68. The van der Waals surface area contributed by atoms with Crippen LogP contribution < -0.4 is 0 Å². The number of azo groups is 1. The summed E-state index contributed by atoms with van der Waals surface area (Å²) >= 11 is 0. The zero-order chi connectivity index (χ0) is 12.3. The SMILES string of the molecule is CCC(O)COC(=O)c1ccc2c(c1)CN=N2. The molecule has 1 aromatic rings. The van der Waals surface area contributed by atoms with Crippen LogP contribution >= 0.6 is 0 Å². The predicted molar refractivity (Wildman–Crippen MR) is 61.2 cm³/mol. The highest BCUT2D eigenvalue weighted by atomic mass is 16.5. The third-order valence-electron chi connectivity index (χ3n) is 2.61. The van der Waals surface area contributed by atoms with E-state index in [1.807, 2.05) is 6.92 Å². The lowest BCUT2D eigenvalue weighted by atomic mass is 10.1. The van der Waals surface area contributed by atoms with E-state index >= 15 is 0 Å². The monoisotopic (exact) mass is 234 g/mol. The van der Waals surface area contributed by atoms with E-state index in [2.05, 4.69) is 10.2 Å². The van der Waals surface area contributed by atoms with E-state index in [1.54, 1.807) is 18.2 Å². The molecule has 1 atom stereocenters. The number of aliphatic hydroxyl groups is 1. The molecule has 0 radical (unpaired) electrons. The average Bonchev–Trinajstić information content (AvgIpc) is 2.82. The minimum atomic E-state index is -0.599.